The molecule has 1 amide bonds. The van der Waals surface area contributed by atoms with Crippen molar-refractivity contribution >= 4 is 19.7 Å². The van der Waals surface area contributed by atoms with Crippen molar-refractivity contribution in [1.82, 2.24) is 5.32 Å². The van der Waals surface area contributed by atoms with Crippen LogP contribution in [-0.4, -0.2) is 14.0 Å². The van der Waals surface area contributed by atoms with E-state index in [9.17, 15) is 9.18 Å². The van der Waals surface area contributed by atoms with Crippen LogP contribution in [0.2, 0.25) is 16.6 Å². The molecule has 0 fully saturated rings. The van der Waals surface area contributed by atoms with Gasteiger partial charge >= 0.3 is 0 Å². The maximum absolute atomic E-state index is 13.7. The Kier molecular flexibility index (Phi) is 6.13. The van der Waals surface area contributed by atoms with E-state index in [-0.39, 0.29) is 11.7 Å². The highest BCUT2D eigenvalue weighted by molar-refractivity contribution is 6.90. The van der Waals surface area contributed by atoms with Gasteiger partial charge in [-0.15, -0.1) is 5.54 Å². The summed E-state index contributed by atoms with van der Waals surface area (Å²) < 4.78 is 13.7. The van der Waals surface area contributed by atoms with Gasteiger partial charge < -0.3 is 5.32 Å². The number of nitrogens with one attached hydrogen (secondary N) is 1. The van der Waals surface area contributed by atoms with Gasteiger partial charge in [-0.2, -0.15) is 0 Å². The predicted octanol–water partition coefficient (Wildman–Crippen LogP) is 5.45. The van der Waals surface area contributed by atoms with Crippen molar-refractivity contribution in [2.45, 2.75) is 71.5 Å². The number of carbonyl (C=O) groups excluding carboxylic acids is 1. The maximum Gasteiger partial charge on any atom is 0.221 e. The van der Waals surface area contributed by atoms with E-state index in [1.807, 2.05) is 0 Å². The van der Waals surface area contributed by atoms with Crippen molar-refractivity contribution in [3.05, 3.63) is 40.7 Å². The highest BCUT2D eigenvalue weighted by atomic mass is 28.3. The number of rotatable bonds is 4. The Morgan fingerprint density at radius 2 is 1.69 bits per heavy atom. The third-order valence-corrected chi connectivity index (χ3v) is 11.9. The third-order valence-electron chi connectivity index (χ3n) is 5.61. The third kappa shape index (κ3) is 3.78. The molecule has 0 radical (unpaired) electrons. The van der Waals surface area contributed by atoms with E-state index in [2.05, 4.69) is 58.3 Å². The molecule has 140 valence electrons. The van der Waals surface area contributed by atoms with Crippen LogP contribution >= 0.6 is 0 Å². The highest BCUT2D eigenvalue weighted by Gasteiger charge is 2.41. The fourth-order valence-corrected chi connectivity index (χ4v) is 9.65. The molecule has 0 unspecified atom stereocenters. The zero-order chi connectivity index (χ0) is 19.6. The standard InChI is InChI=1S/C22H30FNOSi/c1-14(2)26(15(3)4,16(5)6)11-10-19-12-18-8-9-20(23)13-21(18)22(19)24-17(7)25/h8-9,13-16H,12H2,1-7H3,(H,24,25). The molecule has 0 heterocycles. The Balaban J connectivity index is 2.58. The number of hydrogen-bond acceptors (Lipinski definition) is 1. The molecule has 26 heavy (non-hydrogen) atoms. The summed E-state index contributed by atoms with van der Waals surface area (Å²) in [6.07, 6.45) is 0.650. The molecule has 4 heteroatoms. The molecule has 1 aromatic carbocycles. The zero-order valence-corrected chi connectivity index (χ0v) is 18.0. The van der Waals surface area contributed by atoms with Crippen molar-refractivity contribution < 1.29 is 9.18 Å². The molecule has 1 aliphatic carbocycles. The number of benzene rings is 1. The van der Waals surface area contributed by atoms with Crippen LogP contribution in [0.5, 0.6) is 0 Å². The molecule has 0 saturated carbocycles. The molecule has 0 aliphatic heterocycles. The first-order valence-corrected chi connectivity index (χ1v) is 11.7. The highest BCUT2D eigenvalue weighted by Crippen LogP contribution is 2.41. The largest absolute Gasteiger partial charge is 0.325 e. The summed E-state index contributed by atoms with van der Waals surface area (Å²) in [5.41, 5.74) is 8.70. The summed E-state index contributed by atoms with van der Waals surface area (Å²) in [6, 6.07) is 4.75. The topological polar surface area (TPSA) is 29.1 Å². The van der Waals surface area contributed by atoms with Gasteiger partial charge in [-0.1, -0.05) is 53.5 Å². The maximum atomic E-state index is 13.7. The molecule has 0 atom stereocenters. The Morgan fingerprint density at radius 3 is 2.19 bits per heavy atom. The summed E-state index contributed by atoms with van der Waals surface area (Å²) in [4.78, 5) is 11.7. The van der Waals surface area contributed by atoms with E-state index in [1.54, 1.807) is 6.07 Å². The molecule has 0 spiro atoms. The molecule has 2 rings (SSSR count). The Morgan fingerprint density at radius 1 is 1.12 bits per heavy atom. The van der Waals surface area contributed by atoms with E-state index in [0.717, 1.165) is 16.7 Å². The number of allylic oxidation sites excluding steroid dienone is 1. The van der Waals surface area contributed by atoms with Crippen LogP contribution in [0.4, 0.5) is 4.39 Å². The number of carbonyl (C=O) groups is 1. The first-order chi connectivity index (χ1) is 12.1. The lowest BCUT2D eigenvalue weighted by atomic mass is 10.1. The van der Waals surface area contributed by atoms with Gasteiger partial charge in [0.15, 0.2) is 0 Å². The number of hydrogen-bond donors (Lipinski definition) is 1. The van der Waals surface area contributed by atoms with Gasteiger partial charge in [-0.25, -0.2) is 4.39 Å². The average molecular weight is 372 g/mol. The number of fused-ring (bicyclic) bond motifs is 1. The van der Waals surface area contributed by atoms with Gasteiger partial charge in [0, 0.05) is 24.5 Å². The SMILES string of the molecule is CC(=O)NC1=C(C#C[Si](C(C)C)(C(C)C)C(C)C)Cc2ccc(F)cc21. The van der Waals surface area contributed by atoms with Gasteiger partial charge in [0.05, 0.1) is 5.70 Å². The fraction of sp³-hybridized carbons (Fsp3) is 0.500. The van der Waals surface area contributed by atoms with Crippen LogP contribution in [0.3, 0.4) is 0 Å². The van der Waals surface area contributed by atoms with Crippen molar-refractivity contribution in [2.24, 2.45) is 0 Å². The summed E-state index contributed by atoms with van der Waals surface area (Å²) in [7, 11) is -1.86. The Labute approximate surface area is 158 Å². The van der Waals surface area contributed by atoms with Crippen LogP contribution in [-0.2, 0) is 11.2 Å². The van der Waals surface area contributed by atoms with Crippen molar-refractivity contribution in [2.75, 3.05) is 0 Å². The molecule has 0 saturated heterocycles. The summed E-state index contributed by atoms with van der Waals surface area (Å²) in [5.74, 6) is 2.99. The summed E-state index contributed by atoms with van der Waals surface area (Å²) >= 11 is 0. The van der Waals surface area contributed by atoms with E-state index >= 15 is 0 Å². The fourth-order valence-electron chi connectivity index (χ4n) is 4.42. The lowest BCUT2D eigenvalue weighted by molar-refractivity contribution is -0.117. The molecule has 1 aromatic rings. The van der Waals surface area contributed by atoms with Gasteiger partial charge in [-0.05, 0) is 34.3 Å². The Bertz CT molecular complexity index is 774. The van der Waals surface area contributed by atoms with Crippen molar-refractivity contribution in [1.29, 1.82) is 0 Å². The van der Waals surface area contributed by atoms with Gasteiger partial charge in [-0.3, -0.25) is 4.79 Å². The van der Waals surface area contributed by atoms with Crippen LogP contribution < -0.4 is 5.32 Å². The monoisotopic (exact) mass is 371 g/mol. The quantitative estimate of drug-likeness (QED) is 0.553. The van der Waals surface area contributed by atoms with Crippen LogP contribution in [0.25, 0.3) is 5.70 Å². The first kappa shape index (κ1) is 20.4. The summed E-state index contributed by atoms with van der Waals surface area (Å²) in [5, 5.41) is 2.89. The molecule has 0 bridgehead atoms. The molecule has 1 aliphatic rings. The minimum atomic E-state index is -1.86. The lowest BCUT2D eigenvalue weighted by Crippen LogP contribution is -2.43. The van der Waals surface area contributed by atoms with Crippen molar-refractivity contribution in [3.63, 3.8) is 0 Å². The van der Waals surface area contributed by atoms with E-state index < -0.39 is 8.07 Å². The van der Waals surface area contributed by atoms with E-state index in [0.29, 0.717) is 28.7 Å². The number of amides is 1. The van der Waals surface area contributed by atoms with E-state index in [1.165, 1.54) is 19.1 Å². The first-order valence-electron chi connectivity index (χ1n) is 9.42. The van der Waals surface area contributed by atoms with Crippen molar-refractivity contribution in [3.8, 4) is 11.5 Å². The van der Waals surface area contributed by atoms with Crippen LogP contribution in [0, 0.1) is 17.3 Å². The number of halogens is 1. The minimum Gasteiger partial charge on any atom is -0.325 e. The smallest absolute Gasteiger partial charge is 0.221 e. The molecular formula is C22H30FNOSi. The van der Waals surface area contributed by atoms with Crippen LogP contribution in [0.15, 0.2) is 23.8 Å². The van der Waals surface area contributed by atoms with Crippen LogP contribution in [0.1, 0.15) is 59.6 Å². The molecule has 1 N–H and O–H groups in total. The molecular weight excluding hydrogens is 341 g/mol. The second-order valence-electron chi connectivity index (χ2n) is 8.16. The molecule has 2 nitrogen and oxygen atoms in total. The average Bonchev–Trinajstić information content (AvgIpc) is 2.83. The Hall–Kier alpha value is -1.86. The minimum absolute atomic E-state index is 0.156. The zero-order valence-electron chi connectivity index (χ0n) is 17.0. The predicted molar refractivity (Wildman–Crippen MR) is 110 cm³/mol. The normalized spacial score (nSPS) is 14.0. The second-order valence-corrected chi connectivity index (χ2v) is 13.7. The van der Waals surface area contributed by atoms with Gasteiger partial charge in [0.25, 0.3) is 0 Å². The van der Waals surface area contributed by atoms with E-state index in [4.69, 9.17) is 0 Å². The second kappa shape index (κ2) is 7.80. The van der Waals surface area contributed by atoms with Gasteiger partial charge in [0.1, 0.15) is 13.9 Å². The lowest BCUT2D eigenvalue weighted by Gasteiger charge is -2.38. The summed E-state index contributed by atoms with van der Waals surface area (Å²) in [6.45, 7) is 15.2. The van der Waals surface area contributed by atoms with Gasteiger partial charge in [0.2, 0.25) is 5.91 Å². The molecule has 0 aromatic heterocycles.